The van der Waals surface area contributed by atoms with Crippen LogP contribution in [-0.2, 0) is 0 Å². The van der Waals surface area contributed by atoms with Crippen molar-refractivity contribution in [1.29, 1.82) is 0 Å². The zero-order valence-corrected chi connectivity index (χ0v) is 12.5. The quantitative estimate of drug-likeness (QED) is 0.583. The summed E-state index contributed by atoms with van der Waals surface area (Å²) in [7, 11) is -0.634. The Labute approximate surface area is 110 Å². The van der Waals surface area contributed by atoms with Gasteiger partial charge in [-0.2, -0.15) is 11.1 Å². The van der Waals surface area contributed by atoms with Crippen molar-refractivity contribution in [2.45, 2.75) is 19.4 Å². The monoisotopic (exact) mass is 260 g/mol. The van der Waals surface area contributed by atoms with Crippen LogP contribution in [0.15, 0.2) is 48.5 Å². The van der Waals surface area contributed by atoms with E-state index in [0.717, 1.165) is 0 Å². The standard InChI is InChI=1S/C15H17ClSi/c1-11-8-9-12(2)14(10-11)15(17-16)13-6-4-3-5-7-13/h3-10,15H,17H2,1-2H3. The van der Waals surface area contributed by atoms with Gasteiger partial charge < -0.3 is 0 Å². The smallest absolute Gasteiger partial charge is 0.137 e. The molecule has 0 heterocycles. The molecule has 1 atom stereocenters. The molecule has 0 aliphatic rings. The van der Waals surface area contributed by atoms with Gasteiger partial charge in [0.2, 0.25) is 0 Å². The van der Waals surface area contributed by atoms with E-state index in [1.165, 1.54) is 22.3 Å². The van der Waals surface area contributed by atoms with Crippen LogP contribution in [-0.4, -0.2) is 8.83 Å². The van der Waals surface area contributed by atoms with E-state index in [1.807, 2.05) is 0 Å². The minimum atomic E-state index is -0.634. The molecule has 0 N–H and O–H groups in total. The molecule has 0 aliphatic heterocycles. The van der Waals surface area contributed by atoms with E-state index >= 15 is 0 Å². The molecule has 1 unspecified atom stereocenters. The number of benzene rings is 2. The Morgan fingerprint density at radius 2 is 1.71 bits per heavy atom. The first kappa shape index (κ1) is 12.4. The van der Waals surface area contributed by atoms with Crippen LogP contribution >= 0.6 is 11.1 Å². The number of halogens is 1. The van der Waals surface area contributed by atoms with E-state index in [4.69, 9.17) is 11.1 Å². The fourth-order valence-corrected chi connectivity index (χ4v) is 4.26. The van der Waals surface area contributed by atoms with E-state index in [1.54, 1.807) is 0 Å². The maximum Gasteiger partial charge on any atom is 0.137 e. The zero-order valence-electron chi connectivity index (χ0n) is 10.3. The highest BCUT2D eigenvalue weighted by atomic mass is 35.6. The number of aryl methyl sites for hydroxylation is 2. The summed E-state index contributed by atoms with van der Waals surface area (Å²) in [5, 5.41) is 0. The van der Waals surface area contributed by atoms with Gasteiger partial charge in [0, 0.05) is 5.54 Å². The van der Waals surface area contributed by atoms with Gasteiger partial charge in [-0.25, -0.2) is 0 Å². The Kier molecular flexibility index (Phi) is 4.03. The molecule has 0 amide bonds. The van der Waals surface area contributed by atoms with Crippen molar-refractivity contribution in [3.05, 3.63) is 70.8 Å². The second-order valence-corrected chi connectivity index (χ2v) is 6.53. The molecule has 0 fully saturated rings. The number of rotatable bonds is 3. The summed E-state index contributed by atoms with van der Waals surface area (Å²) in [6.07, 6.45) is 0. The van der Waals surface area contributed by atoms with E-state index in [0.29, 0.717) is 5.54 Å². The van der Waals surface area contributed by atoms with Crippen molar-refractivity contribution in [3.8, 4) is 0 Å². The summed E-state index contributed by atoms with van der Waals surface area (Å²) in [6.45, 7) is 4.31. The first-order chi connectivity index (χ1) is 8.22. The molecule has 0 spiro atoms. The normalized spacial score (nSPS) is 13.1. The number of hydrogen-bond acceptors (Lipinski definition) is 0. The van der Waals surface area contributed by atoms with Crippen LogP contribution in [0.3, 0.4) is 0 Å². The van der Waals surface area contributed by atoms with Gasteiger partial charge in [-0.1, -0.05) is 54.1 Å². The van der Waals surface area contributed by atoms with E-state index in [9.17, 15) is 0 Å². The molecule has 0 aliphatic carbocycles. The van der Waals surface area contributed by atoms with Crippen molar-refractivity contribution < 1.29 is 0 Å². The van der Waals surface area contributed by atoms with Crippen molar-refractivity contribution in [3.63, 3.8) is 0 Å². The number of hydrogen-bond donors (Lipinski definition) is 0. The van der Waals surface area contributed by atoms with E-state index < -0.39 is 8.83 Å². The molecule has 2 aromatic rings. The van der Waals surface area contributed by atoms with Gasteiger partial charge >= 0.3 is 0 Å². The Balaban J connectivity index is 2.46. The van der Waals surface area contributed by atoms with Gasteiger partial charge in [-0.05, 0) is 30.5 Å². The van der Waals surface area contributed by atoms with Gasteiger partial charge in [0.05, 0.1) is 0 Å². The van der Waals surface area contributed by atoms with E-state index in [2.05, 4.69) is 62.4 Å². The summed E-state index contributed by atoms with van der Waals surface area (Å²) in [4.78, 5) is 0. The molecule has 0 saturated carbocycles. The Morgan fingerprint density at radius 3 is 2.35 bits per heavy atom. The van der Waals surface area contributed by atoms with E-state index in [-0.39, 0.29) is 0 Å². The molecule has 88 valence electrons. The Morgan fingerprint density at radius 1 is 1.00 bits per heavy atom. The second-order valence-electron chi connectivity index (χ2n) is 4.48. The van der Waals surface area contributed by atoms with Crippen LogP contribution < -0.4 is 0 Å². The lowest BCUT2D eigenvalue weighted by atomic mass is 9.98. The summed E-state index contributed by atoms with van der Waals surface area (Å²) in [6, 6.07) is 17.2. The summed E-state index contributed by atoms with van der Waals surface area (Å²) in [5.74, 6) is 0. The summed E-state index contributed by atoms with van der Waals surface area (Å²) in [5.41, 5.74) is 5.83. The molecule has 17 heavy (non-hydrogen) atoms. The summed E-state index contributed by atoms with van der Waals surface area (Å²) >= 11 is 6.30. The van der Waals surface area contributed by atoms with Crippen LogP contribution in [0.4, 0.5) is 0 Å². The van der Waals surface area contributed by atoms with Gasteiger partial charge in [-0.15, -0.1) is 0 Å². The predicted octanol–water partition coefficient (Wildman–Crippen LogP) is 3.72. The Hall–Kier alpha value is -1.05. The topological polar surface area (TPSA) is 0 Å². The van der Waals surface area contributed by atoms with Crippen LogP contribution in [0.25, 0.3) is 0 Å². The fourth-order valence-electron chi connectivity index (χ4n) is 2.17. The molecule has 2 heteroatoms. The maximum absolute atomic E-state index is 6.30. The van der Waals surface area contributed by atoms with Gasteiger partial charge in [0.25, 0.3) is 0 Å². The average Bonchev–Trinajstić information content (AvgIpc) is 2.36. The first-order valence-corrected chi connectivity index (χ1v) is 8.86. The van der Waals surface area contributed by atoms with Crippen molar-refractivity contribution in [1.82, 2.24) is 0 Å². The molecule has 0 aromatic heterocycles. The highest BCUT2D eigenvalue weighted by molar-refractivity contribution is 6.94. The van der Waals surface area contributed by atoms with Gasteiger partial charge in [0.1, 0.15) is 8.83 Å². The lowest BCUT2D eigenvalue weighted by Gasteiger charge is -2.17. The lowest BCUT2D eigenvalue weighted by molar-refractivity contribution is 1.10. The third-order valence-corrected chi connectivity index (χ3v) is 5.31. The highest BCUT2D eigenvalue weighted by Crippen LogP contribution is 2.27. The average molecular weight is 261 g/mol. The molecule has 0 saturated heterocycles. The zero-order chi connectivity index (χ0) is 12.3. The molecule has 0 bridgehead atoms. The second kappa shape index (κ2) is 5.52. The largest absolute Gasteiger partial charge is 0.175 e. The van der Waals surface area contributed by atoms with Crippen molar-refractivity contribution in [2.24, 2.45) is 0 Å². The van der Waals surface area contributed by atoms with Gasteiger partial charge in [0.15, 0.2) is 0 Å². The molecular weight excluding hydrogens is 244 g/mol. The lowest BCUT2D eigenvalue weighted by Crippen LogP contribution is -2.07. The van der Waals surface area contributed by atoms with Crippen LogP contribution in [0.5, 0.6) is 0 Å². The van der Waals surface area contributed by atoms with Crippen molar-refractivity contribution in [2.75, 3.05) is 0 Å². The Bertz CT molecular complexity index is 494. The molecule has 0 radical (unpaired) electrons. The van der Waals surface area contributed by atoms with Crippen LogP contribution in [0, 0.1) is 13.8 Å². The van der Waals surface area contributed by atoms with Crippen LogP contribution in [0.2, 0.25) is 0 Å². The fraction of sp³-hybridized carbons (Fsp3) is 0.200. The molecular formula is C15H17ClSi. The molecule has 2 rings (SSSR count). The maximum atomic E-state index is 6.30. The molecule has 2 aromatic carbocycles. The minimum Gasteiger partial charge on any atom is -0.175 e. The highest BCUT2D eigenvalue weighted by Gasteiger charge is 2.15. The third-order valence-electron chi connectivity index (χ3n) is 3.17. The van der Waals surface area contributed by atoms with Crippen molar-refractivity contribution >= 4 is 19.9 Å². The first-order valence-electron chi connectivity index (χ1n) is 5.90. The minimum absolute atomic E-state index is 0.428. The van der Waals surface area contributed by atoms with Gasteiger partial charge in [-0.3, -0.25) is 0 Å². The summed E-state index contributed by atoms with van der Waals surface area (Å²) < 4.78 is 0. The SMILES string of the molecule is Cc1ccc(C)c(C([SiH2]Cl)c2ccccc2)c1. The third kappa shape index (κ3) is 2.79. The van der Waals surface area contributed by atoms with Crippen LogP contribution in [0.1, 0.15) is 27.8 Å². The predicted molar refractivity (Wildman–Crippen MR) is 78.6 cm³/mol. The molecule has 0 nitrogen and oxygen atoms in total.